The lowest BCUT2D eigenvalue weighted by Crippen LogP contribution is -2.41. The molecule has 0 unspecified atom stereocenters. The average Bonchev–Trinajstić information content (AvgIpc) is 2.74. The molecule has 0 spiro atoms. The molecule has 9 heteroatoms. The molecule has 1 saturated heterocycles. The normalized spacial score (nSPS) is 14.0. The van der Waals surface area contributed by atoms with Gasteiger partial charge in [0.2, 0.25) is 17.7 Å². The molecule has 3 amide bonds. The van der Waals surface area contributed by atoms with E-state index in [2.05, 4.69) is 16.0 Å². The van der Waals surface area contributed by atoms with Gasteiger partial charge in [-0.05, 0) is 42.0 Å². The van der Waals surface area contributed by atoms with E-state index in [9.17, 15) is 18.8 Å². The quantitative estimate of drug-likeness (QED) is 0.590. The predicted octanol–water partition coefficient (Wildman–Crippen LogP) is 1.39. The SMILES string of the molecule is O=C(Cc1cccc(F)c1)NCC(=O)Nc1ccc(NC(=O)CN2CCOCC2)cc1. The average molecular weight is 428 g/mol. The maximum absolute atomic E-state index is 13.2. The van der Waals surface area contributed by atoms with Crippen molar-refractivity contribution in [1.29, 1.82) is 0 Å². The van der Waals surface area contributed by atoms with Crippen LogP contribution < -0.4 is 16.0 Å². The second-order valence-electron chi connectivity index (χ2n) is 7.15. The lowest BCUT2D eigenvalue weighted by molar-refractivity contribution is -0.123. The first-order chi connectivity index (χ1) is 15.0. The molecule has 164 valence electrons. The largest absolute Gasteiger partial charge is 0.379 e. The van der Waals surface area contributed by atoms with E-state index >= 15 is 0 Å². The predicted molar refractivity (Wildman–Crippen MR) is 114 cm³/mol. The first-order valence-corrected chi connectivity index (χ1v) is 9.99. The van der Waals surface area contributed by atoms with Gasteiger partial charge in [-0.3, -0.25) is 19.3 Å². The number of benzene rings is 2. The zero-order valence-electron chi connectivity index (χ0n) is 17.0. The Morgan fingerprint density at radius 2 is 1.55 bits per heavy atom. The number of ether oxygens (including phenoxy) is 1. The van der Waals surface area contributed by atoms with Crippen LogP contribution in [0.15, 0.2) is 48.5 Å². The Morgan fingerprint density at radius 3 is 2.19 bits per heavy atom. The number of nitrogens with zero attached hydrogens (tertiary/aromatic N) is 1. The molecule has 0 radical (unpaired) electrons. The number of morpholine rings is 1. The highest BCUT2D eigenvalue weighted by Crippen LogP contribution is 2.13. The van der Waals surface area contributed by atoms with Crippen LogP contribution in [-0.4, -0.2) is 62.0 Å². The summed E-state index contributed by atoms with van der Waals surface area (Å²) in [6, 6.07) is 12.5. The molecule has 0 atom stereocenters. The first kappa shape index (κ1) is 22.4. The molecule has 3 N–H and O–H groups in total. The van der Waals surface area contributed by atoms with Gasteiger partial charge >= 0.3 is 0 Å². The highest BCUT2D eigenvalue weighted by atomic mass is 19.1. The van der Waals surface area contributed by atoms with Crippen LogP contribution in [0.4, 0.5) is 15.8 Å². The van der Waals surface area contributed by atoms with Crippen molar-refractivity contribution in [2.45, 2.75) is 6.42 Å². The minimum Gasteiger partial charge on any atom is -0.379 e. The van der Waals surface area contributed by atoms with Crippen LogP contribution in [0, 0.1) is 5.82 Å². The summed E-state index contributed by atoms with van der Waals surface area (Å²) in [6.45, 7) is 2.83. The molecule has 0 bridgehead atoms. The molecule has 8 nitrogen and oxygen atoms in total. The van der Waals surface area contributed by atoms with E-state index in [1.54, 1.807) is 30.3 Å². The van der Waals surface area contributed by atoms with Crippen molar-refractivity contribution in [3.63, 3.8) is 0 Å². The molecular weight excluding hydrogens is 403 g/mol. The van der Waals surface area contributed by atoms with E-state index < -0.39 is 11.7 Å². The summed E-state index contributed by atoms with van der Waals surface area (Å²) in [7, 11) is 0. The molecule has 2 aromatic rings. The van der Waals surface area contributed by atoms with E-state index in [1.807, 2.05) is 4.90 Å². The van der Waals surface area contributed by atoms with Gasteiger partial charge < -0.3 is 20.7 Å². The Labute approximate surface area is 179 Å². The minimum atomic E-state index is -0.413. The number of halogens is 1. The van der Waals surface area contributed by atoms with Gasteiger partial charge in [0, 0.05) is 24.5 Å². The van der Waals surface area contributed by atoms with Gasteiger partial charge in [0.15, 0.2) is 0 Å². The van der Waals surface area contributed by atoms with Crippen molar-refractivity contribution in [1.82, 2.24) is 10.2 Å². The Balaban J connectivity index is 1.39. The molecular formula is C22H25FN4O4. The van der Waals surface area contributed by atoms with Gasteiger partial charge in [0.1, 0.15) is 5.82 Å². The Kier molecular flexibility index (Phi) is 8.08. The zero-order chi connectivity index (χ0) is 22.1. The first-order valence-electron chi connectivity index (χ1n) is 9.99. The number of carbonyl (C=O) groups excluding carboxylic acids is 3. The van der Waals surface area contributed by atoms with Crippen molar-refractivity contribution in [2.75, 3.05) is 50.0 Å². The molecule has 2 aromatic carbocycles. The number of nitrogens with one attached hydrogen (secondary N) is 3. The molecule has 1 aliphatic rings. The number of hydrogen-bond acceptors (Lipinski definition) is 5. The number of amides is 3. The van der Waals surface area contributed by atoms with Crippen LogP contribution in [0.1, 0.15) is 5.56 Å². The molecule has 0 saturated carbocycles. The van der Waals surface area contributed by atoms with E-state index in [-0.39, 0.29) is 24.8 Å². The third-order valence-corrected chi connectivity index (χ3v) is 4.62. The van der Waals surface area contributed by atoms with Gasteiger partial charge in [-0.2, -0.15) is 0 Å². The zero-order valence-corrected chi connectivity index (χ0v) is 17.0. The third kappa shape index (κ3) is 7.80. The Hall–Kier alpha value is -3.30. The number of carbonyl (C=O) groups is 3. The highest BCUT2D eigenvalue weighted by molar-refractivity contribution is 5.95. The van der Waals surface area contributed by atoms with Crippen LogP contribution in [-0.2, 0) is 25.5 Å². The standard InChI is InChI=1S/C22H25FN4O4/c23-17-3-1-2-16(12-17)13-20(28)24-14-21(29)25-18-4-6-19(7-5-18)26-22(30)15-27-8-10-31-11-9-27/h1-7,12H,8-11,13-15H2,(H,24,28)(H,25,29)(H,26,30). The molecule has 1 heterocycles. The van der Waals surface area contributed by atoms with Crippen molar-refractivity contribution in [2.24, 2.45) is 0 Å². The summed E-state index contributed by atoms with van der Waals surface area (Å²) in [4.78, 5) is 38.1. The van der Waals surface area contributed by atoms with Crippen LogP contribution >= 0.6 is 0 Å². The third-order valence-electron chi connectivity index (χ3n) is 4.62. The molecule has 1 fully saturated rings. The topological polar surface area (TPSA) is 99.8 Å². The molecule has 0 aromatic heterocycles. The smallest absolute Gasteiger partial charge is 0.243 e. The second-order valence-corrected chi connectivity index (χ2v) is 7.15. The summed E-state index contributed by atoms with van der Waals surface area (Å²) in [6.07, 6.45) is -0.0100. The van der Waals surface area contributed by atoms with E-state index in [4.69, 9.17) is 4.74 Å². The van der Waals surface area contributed by atoms with E-state index in [1.165, 1.54) is 18.2 Å². The second kappa shape index (κ2) is 11.2. The van der Waals surface area contributed by atoms with Crippen molar-refractivity contribution in [3.05, 3.63) is 59.9 Å². The lowest BCUT2D eigenvalue weighted by Gasteiger charge is -2.25. The minimum absolute atomic E-state index is 0.0100. The fourth-order valence-electron chi connectivity index (χ4n) is 3.08. The van der Waals surface area contributed by atoms with Crippen molar-refractivity contribution in [3.8, 4) is 0 Å². The summed E-state index contributed by atoms with van der Waals surface area (Å²) in [5.74, 6) is -1.29. The molecule has 3 rings (SSSR count). The number of hydrogen-bond donors (Lipinski definition) is 3. The summed E-state index contributed by atoms with van der Waals surface area (Å²) in [5, 5.41) is 7.99. The summed E-state index contributed by atoms with van der Waals surface area (Å²) < 4.78 is 18.4. The van der Waals surface area contributed by atoms with Gasteiger partial charge in [-0.15, -0.1) is 0 Å². The Morgan fingerprint density at radius 1 is 0.903 bits per heavy atom. The fourth-order valence-corrected chi connectivity index (χ4v) is 3.08. The maximum atomic E-state index is 13.2. The van der Waals surface area contributed by atoms with Crippen molar-refractivity contribution < 1.29 is 23.5 Å². The van der Waals surface area contributed by atoms with E-state index in [0.29, 0.717) is 36.7 Å². The van der Waals surface area contributed by atoms with Crippen LogP contribution in [0.2, 0.25) is 0 Å². The van der Waals surface area contributed by atoms with Crippen LogP contribution in [0.3, 0.4) is 0 Å². The van der Waals surface area contributed by atoms with Gasteiger partial charge in [0.25, 0.3) is 0 Å². The van der Waals surface area contributed by atoms with Crippen LogP contribution in [0.5, 0.6) is 0 Å². The molecule has 0 aliphatic carbocycles. The van der Waals surface area contributed by atoms with Crippen molar-refractivity contribution >= 4 is 29.1 Å². The summed E-state index contributed by atoms with van der Waals surface area (Å²) in [5.41, 5.74) is 1.69. The summed E-state index contributed by atoms with van der Waals surface area (Å²) >= 11 is 0. The maximum Gasteiger partial charge on any atom is 0.243 e. The van der Waals surface area contributed by atoms with Gasteiger partial charge in [-0.1, -0.05) is 12.1 Å². The number of anilines is 2. The Bertz CT molecular complexity index is 914. The monoisotopic (exact) mass is 428 g/mol. The van der Waals surface area contributed by atoms with Gasteiger partial charge in [0.05, 0.1) is 32.7 Å². The highest BCUT2D eigenvalue weighted by Gasteiger charge is 2.14. The van der Waals surface area contributed by atoms with E-state index in [0.717, 1.165) is 13.1 Å². The lowest BCUT2D eigenvalue weighted by atomic mass is 10.1. The van der Waals surface area contributed by atoms with Gasteiger partial charge in [-0.25, -0.2) is 4.39 Å². The fraction of sp³-hybridized carbons (Fsp3) is 0.318. The molecule has 1 aliphatic heterocycles. The number of rotatable bonds is 8. The molecule has 31 heavy (non-hydrogen) atoms. The van der Waals surface area contributed by atoms with Crippen LogP contribution in [0.25, 0.3) is 0 Å².